The predicted molar refractivity (Wildman–Crippen MR) is 54.8 cm³/mol. The number of aromatic nitrogens is 3. The summed E-state index contributed by atoms with van der Waals surface area (Å²) in [7, 11) is 0. The summed E-state index contributed by atoms with van der Waals surface area (Å²) >= 11 is 2.73. The maximum absolute atomic E-state index is 11.6. The number of rotatable bonds is 3. The second kappa shape index (κ2) is 3.93. The summed E-state index contributed by atoms with van der Waals surface area (Å²) in [6.07, 6.45) is 0.315. The van der Waals surface area contributed by atoms with Gasteiger partial charge in [0.15, 0.2) is 5.78 Å². The molecule has 0 saturated carbocycles. The van der Waals surface area contributed by atoms with Crippen LogP contribution in [0.5, 0.6) is 0 Å². The van der Waals surface area contributed by atoms with Crippen LogP contribution in [0.15, 0.2) is 10.8 Å². The SMILES string of the molecule is Cc1nc(CC(=O)c2csnn2)cs1. The van der Waals surface area contributed by atoms with Gasteiger partial charge in [-0.3, -0.25) is 4.79 Å². The molecule has 0 aliphatic heterocycles. The number of ketones is 1. The van der Waals surface area contributed by atoms with Gasteiger partial charge >= 0.3 is 0 Å². The van der Waals surface area contributed by atoms with Gasteiger partial charge in [-0.25, -0.2) is 4.98 Å². The van der Waals surface area contributed by atoms with Gasteiger partial charge in [-0.1, -0.05) is 4.49 Å². The highest BCUT2D eigenvalue weighted by atomic mass is 32.1. The van der Waals surface area contributed by atoms with Crippen LogP contribution in [0, 0.1) is 6.92 Å². The average molecular weight is 225 g/mol. The molecule has 0 saturated heterocycles. The van der Waals surface area contributed by atoms with Crippen LogP contribution >= 0.6 is 22.9 Å². The number of hydrogen-bond acceptors (Lipinski definition) is 6. The summed E-state index contributed by atoms with van der Waals surface area (Å²) in [5.41, 5.74) is 1.24. The summed E-state index contributed by atoms with van der Waals surface area (Å²) in [6.45, 7) is 1.92. The zero-order valence-electron chi connectivity index (χ0n) is 7.43. The van der Waals surface area contributed by atoms with Crippen LogP contribution in [0.1, 0.15) is 21.2 Å². The van der Waals surface area contributed by atoms with Crippen LogP contribution in [-0.2, 0) is 6.42 Å². The van der Waals surface area contributed by atoms with E-state index in [0.717, 1.165) is 10.7 Å². The van der Waals surface area contributed by atoms with Crippen LogP contribution in [0.25, 0.3) is 0 Å². The molecule has 0 aliphatic rings. The van der Waals surface area contributed by atoms with Gasteiger partial charge in [0.2, 0.25) is 0 Å². The molecule has 72 valence electrons. The first-order valence-corrected chi connectivity index (χ1v) is 5.68. The van der Waals surface area contributed by atoms with Crippen molar-refractivity contribution < 1.29 is 4.79 Å². The minimum absolute atomic E-state index is 0.0240. The fourth-order valence-corrected chi connectivity index (χ4v) is 2.10. The Morgan fingerprint density at radius 2 is 2.36 bits per heavy atom. The van der Waals surface area contributed by atoms with Crippen LogP contribution in [0.3, 0.4) is 0 Å². The maximum atomic E-state index is 11.6. The van der Waals surface area contributed by atoms with E-state index in [9.17, 15) is 4.79 Å². The Kier molecular flexibility index (Phi) is 2.64. The second-order valence-electron chi connectivity index (χ2n) is 2.75. The van der Waals surface area contributed by atoms with E-state index in [1.54, 1.807) is 16.7 Å². The van der Waals surface area contributed by atoms with E-state index >= 15 is 0 Å². The van der Waals surface area contributed by atoms with Crippen molar-refractivity contribution in [2.75, 3.05) is 0 Å². The molecule has 0 unspecified atom stereocenters. The number of Topliss-reactive ketones (excluding diaryl/α,β-unsaturated/α-hetero) is 1. The molecule has 2 heterocycles. The summed E-state index contributed by atoms with van der Waals surface area (Å²) < 4.78 is 3.64. The molecule has 14 heavy (non-hydrogen) atoms. The molecule has 0 N–H and O–H groups in total. The Labute approximate surface area is 88.8 Å². The zero-order valence-corrected chi connectivity index (χ0v) is 9.06. The molecule has 0 radical (unpaired) electrons. The van der Waals surface area contributed by atoms with E-state index in [4.69, 9.17) is 0 Å². The first-order chi connectivity index (χ1) is 6.75. The third-order valence-corrected chi connectivity index (χ3v) is 2.98. The quantitative estimate of drug-likeness (QED) is 0.746. The topological polar surface area (TPSA) is 55.7 Å². The third-order valence-electron chi connectivity index (χ3n) is 1.65. The number of carbonyl (C=O) groups excluding carboxylic acids is 1. The van der Waals surface area contributed by atoms with E-state index < -0.39 is 0 Å². The first kappa shape index (κ1) is 9.42. The van der Waals surface area contributed by atoms with E-state index in [1.165, 1.54) is 11.5 Å². The lowest BCUT2D eigenvalue weighted by atomic mass is 10.2. The lowest BCUT2D eigenvalue weighted by Crippen LogP contribution is -2.04. The summed E-state index contributed by atoms with van der Waals surface area (Å²) in [5, 5.41) is 8.24. The number of aryl methyl sites for hydroxylation is 1. The fourth-order valence-electron chi connectivity index (χ4n) is 1.03. The molecule has 2 aromatic rings. The van der Waals surface area contributed by atoms with Crippen molar-refractivity contribution in [3.8, 4) is 0 Å². The lowest BCUT2D eigenvalue weighted by Gasteiger charge is -1.91. The van der Waals surface area contributed by atoms with Gasteiger partial charge in [-0.05, 0) is 18.5 Å². The average Bonchev–Trinajstić information content (AvgIpc) is 2.75. The van der Waals surface area contributed by atoms with Crippen molar-refractivity contribution in [2.24, 2.45) is 0 Å². The summed E-state index contributed by atoms with van der Waals surface area (Å²) in [6, 6.07) is 0. The molecule has 0 fully saturated rings. The molecular formula is C8H7N3OS2. The molecule has 0 bridgehead atoms. The number of thiazole rings is 1. The molecule has 0 spiro atoms. The third kappa shape index (κ3) is 2.02. The molecule has 0 aliphatic carbocycles. The molecule has 0 aromatic carbocycles. The minimum Gasteiger partial charge on any atom is -0.292 e. The Hall–Kier alpha value is -1.14. The maximum Gasteiger partial charge on any atom is 0.189 e. The monoisotopic (exact) mass is 225 g/mol. The second-order valence-corrected chi connectivity index (χ2v) is 4.42. The standard InChI is InChI=1S/C8H7N3OS2/c1-5-9-6(3-13-5)2-8(12)7-4-14-11-10-7/h3-4H,2H2,1H3. The molecule has 0 amide bonds. The van der Waals surface area contributed by atoms with Gasteiger partial charge in [-0.2, -0.15) is 0 Å². The Balaban J connectivity index is 2.09. The van der Waals surface area contributed by atoms with E-state index in [2.05, 4.69) is 14.6 Å². The molecule has 0 atom stereocenters. The molecule has 2 rings (SSSR count). The largest absolute Gasteiger partial charge is 0.292 e. The normalized spacial score (nSPS) is 10.4. The van der Waals surface area contributed by atoms with Gasteiger partial charge in [-0.15, -0.1) is 16.4 Å². The highest BCUT2D eigenvalue weighted by Crippen LogP contribution is 2.10. The van der Waals surface area contributed by atoms with E-state index in [1.807, 2.05) is 12.3 Å². The number of hydrogen-bond donors (Lipinski definition) is 0. The zero-order chi connectivity index (χ0) is 9.97. The minimum atomic E-state index is -0.0240. The summed E-state index contributed by atoms with van der Waals surface area (Å²) in [5.74, 6) is -0.0240. The molecule has 4 nitrogen and oxygen atoms in total. The van der Waals surface area contributed by atoms with E-state index in [0.29, 0.717) is 12.1 Å². The van der Waals surface area contributed by atoms with Crippen molar-refractivity contribution in [1.29, 1.82) is 0 Å². The fraction of sp³-hybridized carbons (Fsp3) is 0.250. The van der Waals surface area contributed by atoms with Crippen molar-refractivity contribution in [2.45, 2.75) is 13.3 Å². The Morgan fingerprint density at radius 3 is 2.93 bits per heavy atom. The van der Waals surface area contributed by atoms with Crippen molar-refractivity contribution in [3.05, 3.63) is 27.2 Å². The van der Waals surface area contributed by atoms with Gasteiger partial charge < -0.3 is 0 Å². The number of carbonyl (C=O) groups is 1. The smallest absolute Gasteiger partial charge is 0.189 e. The van der Waals surface area contributed by atoms with Crippen LogP contribution in [-0.4, -0.2) is 20.4 Å². The molecule has 2 aromatic heterocycles. The van der Waals surface area contributed by atoms with Crippen molar-refractivity contribution in [3.63, 3.8) is 0 Å². The van der Waals surface area contributed by atoms with Gasteiger partial charge in [0.05, 0.1) is 17.1 Å². The highest BCUT2D eigenvalue weighted by Gasteiger charge is 2.11. The Bertz CT molecular complexity index is 435. The Morgan fingerprint density at radius 1 is 1.50 bits per heavy atom. The molecule has 6 heteroatoms. The van der Waals surface area contributed by atoms with Crippen molar-refractivity contribution in [1.82, 2.24) is 14.6 Å². The van der Waals surface area contributed by atoms with Gasteiger partial charge in [0.1, 0.15) is 5.69 Å². The van der Waals surface area contributed by atoms with Crippen LogP contribution in [0.4, 0.5) is 0 Å². The van der Waals surface area contributed by atoms with Crippen LogP contribution in [0.2, 0.25) is 0 Å². The summed E-state index contributed by atoms with van der Waals surface area (Å²) in [4.78, 5) is 15.8. The predicted octanol–water partition coefficient (Wildman–Crippen LogP) is 1.73. The number of nitrogens with zero attached hydrogens (tertiary/aromatic N) is 3. The lowest BCUT2D eigenvalue weighted by molar-refractivity contribution is 0.0987. The van der Waals surface area contributed by atoms with Gasteiger partial charge in [0, 0.05) is 10.8 Å². The van der Waals surface area contributed by atoms with E-state index in [-0.39, 0.29) is 5.78 Å². The van der Waals surface area contributed by atoms with Gasteiger partial charge in [0.25, 0.3) is 0 Å². The highest BCUT2D eigenvalue weighted by molar-refractivity contribution is 7.09. The molecular weight excluding hydrogens is 218 g/mol. The van der Waals surface area contributed by atoms with Crippen LogP contribution < -0.4 is 0 Å². The first-order valence-electron chi connectivity index (χ1n) is 3.97. The van der Waals surface area contributed by atoms with Crippen molar-refractivity contribution >= 4 is 28.7 Å².